The Kier molecular flexibility index (Phi) is 7.41. The Hall–Kier alpha value is -3.31. The number of likely N-dealkylation sites (tertiary alicyclic amines) is 1. The van der Waals surface area contributed by atoms with Crippen molar-refractivity contribution in [3.05, 3.63) is 83.9 Å². The Bertz CT molecular complexity index is 1030. The van der Waals surface area contributed by atoms with E-state index < -0.39 is 0 Å². The van der Waals surface area contributed by atoms with Gasteiger partial charge in [-0.1, -0.05) is 60.7 Å². The van der Waals surface area contributed by atoms with E-state index >= 15 is 0 Å². The second kappa shape index (κ2) is 10.8. The van der Waals surface area contributed by atoms with Crippen molar-refractivity contribution in [3.8, 4) is 16.9 Å². The van der Waals surface area contributed by atoms with Crippen LogP contribution in [-0.4, -0.2) is 31.1 Å². The summed E-state index contributed by atoms with van der Waals surface area (Å²) < 4.78 is 5.66. The summed E-state index contributed by atoms with van der Waals surface area (Å²) in [7, 11) is 1.71. The number of aliphatic imine (C=N–C) groups is 1. The number of methoxy groups -OCH3 is 1. The number of hydrogen-bond acceptors (Lipinski definition) is 3. The minimum Gasteiger partial charge on any atom is -0.495 e. The summed E-state index contributed by atoms with van der Waals surface area (Å²) in [6, 6.07) is 25.0. The molecule has 0 spiro atoms. The molecule has 32 heavy (non-hydrogen) atoms. The minimum atomic E-state index is 0.557. The van der Waals surface area contributed by atoms with Gasteiger partial charge in [0.2, 0.25) is 0 Å². The maximum atomic E-state index is 5.73. The average molecular weight is 429 g/mol. The molecule has 1 saturated heterocycles. The van der Waals surface area contributed by atoms with E-state index in [0.717, 1.165) is 41.6 Å². The van der Waals surface area contributed by atoms with Crippen LogP contribution in [0.3, 0.4) is 0 Å². The Balaban J connectivity index is 1.62. The molecular formula is C27H32N4O. The van der Waals surface area contributed by atoms with E-state index in [1.807, 2.05) is 12.1 Å². The molecule has 0 atom stereocenters. The second-order valence-corrected chi connectivity index (χ2v) is 8.11. The largest absolute Gasteiger partial charge is 0.495 e. The van der Waals surface area contributed by atoms with Crippen molar-refractivity contribution in [2.24, 2.45) is 10.7 Å². The second-order valence-electron chi connectivity index (χ2n) is 8.11. The number of piperidine rings is 1. The first-order chi connectivity index (χ1) is 15.8. The van der Waals surface area contributed by atoms with Crippen LogP contribution >= 0.6 is 0 Å². The van der Waals surface area contributed by atoms with Gasteiger partial charge in [-0.05, 0) is 53.6 Å². The summed E-state index contributed by atoms with van der Waals surface area (Å²) in [5, 5.41) is 3.60. The Morgan fingerprint density at radius 2 is 1.62 bits per heavy atom. The van der Waals surface area contributed by atoms with Crippen LogP contribution in [0.15, 0.2) is 77.8 Å². The number of benzene rings is 3. The molecule has 3 aromatic rings. The molecular weight excluding hydrogens is 396 g/mol. The Morgan fingerprint density at radius 3 is 2.31 bits per heavy atom. The van der Waals surface area contributed by atoms with Crippen LogP contribution in [-0.2, 0) is 13.1 Å². The molecule has 0 aromatic heterocycles. The first-order valence-electron chi connectivity index (χ1n) is 11.3. The van der Waals surface area contributed by atoms with E-state index in [2.05, 4.69) is 70.9 Å². The zero-order chi connectivity index (χ0) is 22.2. The van der Waals surface area contributed by atoms with Crippen LogP contribution in [0.5, 0.6) is 5.75 Å². The molecule has 5 nitrogen and oxygen atoms in total. The van der Waals surface area contributed by atoms with Crippen LogP contribution in [0.1, 0.15) is 30.4 Å². The Labute approximate surface area is 190 Å². The van der Waals surface area contributed by atoms with Crippen LogP contribution in [0, 0.1) is 0 Å². The molecule has 1 aliphatic heterocycles. The summed E-state index contributed by atoms with van der Waals surface area (Å²) in [6.45, 7) is 3.20. The first-order valence-corrected chi connectivity index (χ1v) is 11.3. The van der Waals surface area contributed by atoms with Gasteiger partial charge in [-0.15, -0.1) is 0 Å². The number of ether oxygens (including phenoxy) is 1. The van der Waals surface area contributed by atoms with E-state index in [-0.39, 0.29) is 0 Å². The third-order valence-electron chi connectivity index (χ3n) is 5.88. The maximum absolute atomic E-state index is 5.73. The standard InChI is InChI=1S/C27H32N4O/c1-32-26-15-14-24(23-8-4-2-5-9-23)18-25(26)30-27(31-16-6-3-7-17-31)29-20-22-12-10-21(19-28)11-13-22/h2,4-5,8-15,18H,3,6-7,16-17,19-20,28H2,1H3,(H,29,30). The van der Waals surface area contributed by atoms with E-state index in [4.69, 9.17) is 15.5 Å². The van der Waals surface area contributed by atoms with Crippen LogP contribution in [0.25, 0.3) is 11.1 Å². The van der Waals surface area contributed by atoms with Crippen molar-refractivity contribution in [3.63, 3.8) is 0 Å². The zero-order valence-electron chi connectivity index (χ0n) is 18.8. The van der Waals surface area contributed by atoms with Crippen molar-refractivity contribution in [1.82, 2.24) is 4.90 Å². The molecule has 5 heteroatoms. The van der Waals surface area contributed by atoms with Crippen molar-refractivity contribution >= 4 is 11.6 Å². The van der Waals surface area contributed by atoms with Crippen molar-refractivity contribution in [2.45, 2.75) is 32.4 Å². The fourth-order valence-corrected chi connectivity index (χ4v) is 4.01. The first kappa shape index (κ1) is 21.9. The number of nitrogens with one attached hydrogen (secondary N) is 1. The van der Waals surface area contributed by atoms with Gasteiger partial charge in [-0.25, -0.2) is 4.99 Å². The van der Waals surface area contributed by atoms with Crippen LogP contribution < -0.4 is 15.8 Å². The molecule has 0 amide bonds. The molecule has 1 heterocycles. The van der Waals surface area contributed by atoms with Gasteiger partial charge in [-0.3, -0.25) is 0 Å². The van der Waals surface area contributed by atoms with Crippen LogP contribution in [0.2, 0.25) is 0 Å². The molecule has 4 rings (SSSR count). The van der Waals surface area contributed by atoms with E-state index in [1.54, 1.807) is 7.11 Å². The predicted octanol–water partition coefficient (Wildman–Crippen LogP) is 5.27. The normalized spacial score (nSPS) is 14.3. The van der Waals surface area contributed by atoms with Gasteiger partial charge in [-0.2, -0.15) is 0 Å². The number of rotatable bonds is 6. The van der Waals surface area contributed by atoms with Gasteiger partial charge < -0.3 is 20.7 Å². The number of nitrogens with zero attached hydrogens (tertiary/aromatic N) is 2. The highest BCUT2D eigenvalue weighted by Crippen LogP contribution is 2.31. The summed E-state index contributed by atoms with van der Waals surface area (Å²) in [6.07, 6.45) is 3.65. The zero-order valence-corrected chi connectivity index (χ0v) is 18.8. The molecule has 3 aromatic carbocycles. The lowest BCUT2D eigenvalue weighted by atomic mass is 10.0. The summed E-state index contributed by atoms with van der Waals surface area (Å²) in [4.78, 5) is 7.34. The topological polar surface area (TPSA) is 62.9 Å². The summed E-state index contributed by atoms with van der Waals surface area (Å²) in [5.74, 6) is 1.71. The molecule has 0 saturated carbocycles. The molecule has 1 fully saturated rings. The number of nitrogens with two attached hydrogens (primary N) is 1. The third kappa shape index (κ3) is 5.48. The molecule has 166 valence electrons. The number of anilines is 1. The molecule has 1 aliphatic rings. The highest BCUT2D eigenvalue weighted by atomic mass is 16.5. The highest BCUT2D eigenvalue weighted by Gasteiger charge is 2.17. The highest BCUT2D eigenvalue weighted by molar-refractivity contribution is 5.96. The number of guanidine groups is 1. The SMILES string of the molecule is COc1ccc(-c2ccccc2)cc1NC(=NCc1ccc(CN)cc1)N1CCCCC1. The van der Waals surface area contributed by atoms with Gasteiger partial charge in [0.15, 0.2) is 5.96 Å². The van der Waals surface area contributed by atoms with E-state index in [1.165, 1.54) is 30.4 Å². The van der Waals surface area contributed by atoms with Crippen molar-refractivity contribution in [2.75, 3.05) is 25.5 Å². The molecule has 0 aliphatic carbocycles. The molecule has 0 unspecified atom stereocenters. The van der Waals surface area contributed by atoms with Gasteiger partial charge >= 0.3 is 0 Å². The number of hydrogen-bond donors (Lipinski definition) is 2. The fourth-order valence-electron chi connectivity index (χ4n) is 4.01. The average Bonchev–Trinajstić information content (AvgIpc) is 2.87. The maximum Gasteiger partial charge on any atom is 0.198 e. The lowest BCUT2D eigenvalue weighted by Crippen LogP contribution is -2.40. The monoisotopic (exact) mass is 428 g/mol. The van der Waals surface area contributed by atoms with Crippen molar-refractivity contribution < 1.29 is 4.74 Å². The fraction of sp³-hybridized carbons (Fsp3) is 0.296. The van der Waals surface area contributed by atoms with Crippen molar-refractivity contribution in [1.29, 1.82) is 0 Å². The third-order valence-corrected chi connectivity index (χ3v) is 5.88. The predicted molar refractivity (Wildman–Crippen MR) is 133 cm³/mol. The van der Waals surface area contributed by atoms with Gasteiger partial charge in [0, 0.05) is 19.6 Å². The Morgan fingerprint density at radius 1 is 0.906 bits per heavy atom. The summed E-state index contributed by atoms with van der Waals surface area (Å²) in [5.41, 5.74) is 11.3. The van der Waals surface area contributed by atoms with Gasteiger partial charge in [0.25, 0.3) is 0 Å². The van der Waals surface area contributed by atoms with E-state index in [9.17, 15) is 0 Å². The quantitative estimate of drug-likeness (QED) is 0.414. The van der Waals surface area contributed by atoms with Gasteiger partial charge in [0.05, 0.1) is 19.3 Å². The van der Waals surface area contributed by atoms with Crippen LogP contribution in [0.4, 0.5) is 5.69 Å². The molecule has 0 bridgehead atoms. The van der Waals surface area contributed by atoms with Gasteiger partial charge in [0.1, 0.15) is 5.75 Å². The summed E-state index contributed by atoms with van der Waals surface area (Å²) >= 11 is 0. The molecule has 3 N–H and O–H groups in total. The smallest absolute Gasteiger partial charge is 0.198 e. The minimum absolute atomic E-state index is 0.557. The lowest BCUT2D eigenvalue weighted by Gasteiger charge is -2.30. The molecule has 0 radical (unpaired) electrons. The van der Waals surface area contributed by atoms with E-state index in [0.29, 0.717) is 13.1 Å². The lowest BCUT2D eigenvalue weighted by molar-refractivity contribution is 0.340.